The number of hydrogen-bond donors (Lipinski definition) is 1. The fraction of sp³-hybridized carbons (Fsp3) is 0.118. The number of anilines is 1. The molecule has 2 aromatic carbocycles. The molecule has 1 heterocycles. The molecule has 26 heavy (non-hydrogen) atoms. The lowest BCUT2D eigenvalue weighted by atomic mass is 10.2. The van der Waals surface area contributed by atoms with Crippen LogP contribution in [0.1, 0.15) is 0 Å². The van der Waals surface area contributed by atoms with Crippen molar-refractivity contribution in [1.29, 1.82) is 0 Å². The zero-order valence-corrected chi connectivity index (χ0v) is 15.9. The van der Waals surface area contributed by atoms with Crippen molar-refractivity contribution < 1.29 is 9.18 Å². The van der Waals surface area contributed by atoms with Crippen molar-refractivity contribution in [1.82, 2.24) is 14.8 Å². The Morgan fingerprint density at radius 1 is 1.19 bits per heavy atom. The molecule has 5 nitrogen and oxygen atoms in total. The van der Waals surface area contributed by atoms with E-state index in [0.717, 1.165) is 0 Å². The number of carbonyl (C=O) groups is 1. The summed E-state index contributed by atoms with van der Waals surface area (Å²) in [6.07, 6.45) is 0. The van der Waals surface area contributed by atoms with E-state index in [0.29, 0.717) is 32.3 Å². The first-order chi connectivity index (χ1) is 12.5. The zero-order valence-electron chi connectivity index (χ0n) is 13.5. The highest BCUT2D eigenvalue weighted by molar-refractivity contribution is 7.99. The SMILES string of the molecule is Cn1c(SCC(=O)Nc2ccc(Cl)c(Cl)c2)nnc1-c1ccccc1F. The molecule has 134 valence electrons. The van der Waals surface area contributed by atoms with Gasteiger partial charge in [0.05, 0.1) is 21.4 Å². The molecule has 0 radical (unpaired) electrons. The second-order valence-electron chi connectivity index (χ2n) is 5.31. The Hall–Kier alpha value is -2.09. The van der Waals surface area contributed by atoms with Gasteiger partial charge in [-0.2, -0.15) is 0 Å². The Bertz CT molecular complexity index is 964. The van der Waals surface area contributed by atoms with Crippen LogP contribution in [0.25, 0.3) is 11.4 Å². The number of benzene rings is 2. The third-order valence-corrected chi connectivity index (χ3v) is 5.24. The Morgan fingerprint density at radius 2 is 1.96 bits per heavy atom. The standard InChI is InChI=1S/C17H13Cl2FN4OS/c1-24-16(11-4-2-3-5-14(11)20)22-23-17(24)26-9-15(25)21-10-6-7-12(18)13(19)8-10/h2-8H,9H2,1H3,(H,21,25). The zero-order chi connectivity index (χ0) is 18.7. The van der Waals surface area contributed by atoms with Crippen molar-refractivity contribution in [2.45, 2.75) is 5.16 Å². The van der Waals surface area contributed by atoms with Crippen LogP contribution in [0.4, 0.5) is 10.1 Å². The lowest BCUT2D eigenvalue weighted by Crippen LogP contribution is -2.14. The Kier molecular flexibility index (Phi) is 5.80. The van der Waals surface area contributed by atoms with Crippen LogP contribution in [-0.2, 0) is 11.8 Å². The fourth-order valence-corrected chi connectivity index (χ4v) is 3.23. The molecule has 1 N–H and O–H groups in total. The van der Waals surface area contributed by atoms with Crippen molar-refractivity contribution in [3.05, 3.63) is 58.3 Å². The van der Waals surface area contributed by atoms with Gasteiger partial charge >= 0.3 is 0 Å². The molecule has 0 aliphatic rings. The van der Waals surface area contributed by atoms with Gasteiger partial charge in [0.1, 0.15) is 5.82 Å². The first-order valence-electron chi connectivity index (χ1n) is 7.47. The summed E-state index contributed by atoms with van der Waals surface area (Å²) in [6.45, 7) is 0. The van der Waals surface area contributed by atoms with E-state index in [-0.39, 0.29) is 17.5 Å². The van der Waals surface area contributed by atoms with Gasteiger partial charge in [0.15, 0.2) is 11.0 Å². The molecule has 0 aliphatic carbocycles. The number of rotatable bonds is 5. The molecule has 1 aromatic heterocycles. The van der Waals surface area contributed by atoms with Crippen LogP contribution in [0.5, 0.6) is 0 Å². The third kappa shape index (κ3) is 4.17. The second-order valence-corrected chi connectivity index (χ2v) is 7.07. The molecule has 0 unspecified atom stereocenters. The van der Waals surface area contributed by atoms with Crippen LogP contribution < -0.4 is 5.32 Å². The fourth-order valence-electron chi connectivity index (χ4n) is 2.22. The summed E-state index contributed by atoms with van der Waals surface area (Å²) in [7, 11) is 1.72. The topological polar surface area (TPSA) is 59.8 Å². The monoisotopic (exact) mass is 410 g/mol. The van der Waals surface area contributed by atoms with Gasteiger partial charge in [0.2, 0.25) is 5.91 Å². The van der Waals surface area contributed by atoms with Gasteiger partial charge in [0.25, 0.3) is 0 Å². The Labute approximate surface area is 163 Å². The molecule has 1 amide bonds. The number of thioether (sulfide) groups is 1. The molecule has 0 atom stereocenters. The van der Waals surface area contributed by atoms with E-state index in [1.807, 2.05) is 0 Å². The summed E-state index contributed by atoms with van der Waals surface area (Å²) in [4.78, 5) is 12.1. The molecule has 9 heteroatoms. The van der Waals surface area contributed by atoms with E-state index in [1.54, 1.807) is 48.0 Å². The first kappa shape index (κ1) is 18.7. The maximum absolute atomic E-state index is 13.9. The number of aromatic nitrogens is 3. The summed E-state index contributed by atoms with van der Waals surface area (Å²) >= 11 is 13.0. The van der Waals surface area contributed by atoms with E-state index in [1.165, 1.54) is 17.8 Å². The normalized spacial score (nSPS) is 10.8. The van der Waals surface area contributed by atoms with Crippen molar-refractivity contribution in [2.75, 3.05) is 11.1 Å². The largest absolute Gasteiger partial charge is 0.325 e. The van der Waals surface area contributed by atoms with Crippen LogP contribution in [0, 0.1) is 5.82 Å². The minimum Gasteiger partial charge on any atom is -0.325 e. The number of carbonyl (C=O) groups excluding carboxylic acids is 1. The quantitative estimate of drug-likeness (QED) is 0.621. The van der Waals surface area contributed by atoms with Crippen molar-refractivity contribution in [3.8, 4) is 11.4 Å². The van der Waals surface area contributed by atoms with Crippen LogP contribution in [0.15, 0.2) is 47.6 Å². The van der Waals surface area contributed by atoms with Crippen molar-refractivity contribution >= 4 is 46.6 Å². The summed E-state index contributed by atoms with van der Waals surface area (Å²) in [6, 6.07) is 11.2. The van der Waals surface area contributed by atoms with E-state index in [4.69, 9.17) is 23.2 Å². The van der Waals surface area contributed by atoms with E-state index in [2.05, 4.69) is 15.5 Å². The maximum Gasteiger partial charge on any atom is 0.234 e. The molecule has 0 spiro atoms. The second kappa shape index (κ2) is 8.07. The molecule has 0 aliphatic heterocycles. The van der Waals surface area contributed by atoms with Crippen LogP contribution in [0.2, 0.25) is 10.0 Å². The van der Waals surface area contributed by atoms with Crippen LogP contribution in [-0.4, -0.2) is 26.4 Å². The molecular weight excluding hydrogens is 398 g/mol. The Morgan fingerprint density at radius 3 is 2.69 bits per heavy atom. The highest BCUT2D eigenvalue weighted by Gasteiger charge is 2.15. The predicted octanol–water partition coefficient (Wildman–Crippen LogP) is 4.66. The minimum absolute atomic E-state index is 0.115. The van der Waals surface area contributed by atoms with E-state index >= 15 is 0 Å². The predicted molar refractivity (Wildman–Crippen MR) is 102 cm³/mol. The number of amides is 1. The number of halogens is 3. The van der Waals surface area contributed by atoms with Gasteiger partial charge in [-0.1, -0.05) is 47.1 Å². The van der Waals surface area contributed by atoms with Gasteiger partial charge in [-0.15, -0.1) is 10.2 Å². The lowest BCUT2D eigenvalue weighted by molar-refractivity contribution is -0.113. The van der Waals surface area contributed by atoms with Gasteiger partial charge in [-0.3, -0.25) is 4.79 Å². The van der Waals surface area contributed by atoms with Crippen LogP contribution in [0.3, 0.4) is 0 Å². The average Bonchev–Trinajstić information content (AvgIpc) is 2.97. The minimum atomic E-state index is -0.378. The number of nitrogens with zero attached hydrogens (tertiary/aromatic N) is 3. The molecule has 3 rings (SSSR count). The summed E-state index contributed by atoms with van der Waals surface area (Å²) < 4.78 is 15.6. The van der Waals surface area contributed by atoms with Gasteiger partial charge in [0, 0.05) is 12.7 Å². The number of hydrogen-bond acceptors (Lipinski definition) is 4. The molecule has 0 saturated heterocycles. The van der Waals surface area contributed by atoms with Crippen molar-refractivity contribution in [2.24, 2.45) is 7.05 Å². The van der Waals surface area contributed by atoms with Crippen LogP contribution >= 0.6 is 35.0 Å². The third-order valence-electron chi connectivity index (χ3n) is 3.49. The van der Waals surface area contributed by atoms with Gasteiger partial charge < -0.3 is 9.88 Å². The highest BCUT2D eigenvalue weighted by Crippen LogP contribution is 2.26. The highest BCUT2D eigenvalue weighted by atomic mass is 35.5. The van der Waals surface area contributed by atoms with E-state index in [9.17, 15) is 9.18 Å². The summed E-state index contributed by atoms with van der Waals surface area (Å²) in [5.41, 5.74) is 0.907. The molecule has 0 bridgehead atoms. The smallest absolute Gasteiger partial charge is 0.234 e. The van der Waals surface area contributed by atoms with Gasteiger partial charge in [-0.05, 0) is 30.3 Å². The Balaban J connectivity index is 1.66. The maximum atomic E-state index is 13.9. The van der Waals surface area contributed by atoms with Gasteiger partial charge in [-0.25, -0.2) is 4.39 Å². The molecule has 0 fully saturated rings. The van der Waals surface area contributed by atoms with E-state index < -0.39 is 0 Å². The first-order valence-corrected chi connectivity index (χ1v) is 9.22. The molecule has 0 saturated carbocycles. The number of nitrogens with one attached hydrogen (secondary N) is 1. The summed E-state index contributed by atoms with van der Waals surface area (Å²) in [5.74, 6) is -0.0972. The summed E-state index contributed by atoms with van der Waals surface area (Å²) in [5, 5.41) is 12.1. The molecule has 3 aromatic rings. The average molecular weight is 411 g/mol. The molecular formula is C17H13Cl2FN4OS. The van der Waals surface area contributed by atoms with Crippen molar-refractivity contribution in [3.63, 3.8) is 0 Å². The lowest BCUT2D eigenvalue weighted by Gasteiger charge is -2.07.